The second-order valence-corrected chi connectivity index (χ2v) is 3.18. The van der Waals surface area contributed by atoms with Crippen molar-refractivity contribution in [3.8, 4) is 0 Å². The standard InChI is InChI=1S/C10H17NO/c1-3-8-12-9-10-4-6-11(2)7-5-10/h3-4H,1,5-9H2,2H3. The Kier molecular flexibility index (Phi) is 4.05. The van der Waals surface area contributed by atoms with Gasteiger partial charge in [-0.1, -0.05) is 12.2 Å². The fraction of sp³-hybridized carbons (Fsp3) is 0.600. The molecule has 1 aliphatic heterocycles. The molecule has 0 aromatic heterocycles. The average molecular weight is 167 g/mol. The van der Waals surface area contributed by atoms with Crippen molar-refractivity contribution < 1.29 is 4.74 Å². The Hall–Kier alpha value is -0.600. The number of nitrogens with zero attached hydrogens (tertiary/aromatic N) is 1. The number of likely N-dealkylation sites (N-methyl/N-ethyl adjacent to an activating group) is 1. The molecule has 0 N–H and O–H groups in total. The lowest BCUT2D eigenvalue weighted by molar-refractivity contribution is 0.180. The smallest absolute Gasteiger partial charge is 0.0682 e. The minimum Gasteiger partial charge on any atom is -0.373 e. The highest BCUT2D eigenvalue weighted by atomic mass is 16.5. The Morgan fingerprint density at radius 2 is 2.58 bits per heavy atom. The molecular formula is C10H17NO. The molecule has 12 heavy (non-hydrogen) atoms. The fourth-order valence-corrected chi connectivity index (χ4v) is 1.22. The molecule has 0 radical (unpaired) electrons. The number of hydrogen-bond acceptors (Lipinski definition) is 2. The van der Waals surface area contributed by atoms with E-state index in [4.69, 9.17) is 4.74 Å². The summed E-state index contributed by atoms with van der Waals surface area (Å²) in [5.74, 6) is 0. The predicted octanol–water partition coefficient (Wildman–Crippen LogP) is 1.45. The Labute approximate surface area is 74.5 Å². The van der Waals surface area contributed by atoms with Crippen LogP contribution in [-0.4, -0.2) is 38.3 Å². The zero-order valence-electron chi connectivity index (χ0n) is 7.75. The van der Waals surface area contributed by atoms with Crippen molar-refractivity contribution in [3.63, 3.8) is 0 Å². The van der Waals surface area contributed by atoms with Gasteiger partial charge in [-0.15, -0.1) is 6.58 Å². The molecule has 0 unspecified atom stereocenters. The maximum absolute atomic E-state index is 5.35. The summed E-state index contributed by atoms with van der Waals surface area (Å²) in [7, 11) is 2.14. The molecule has 0 aromatic rings. The van der Waals surface area contributed by atoms with E-state index in [9.17, 15) is 0 Å². The largest absolute Gasteiger partial charge is 0.373 e. The second-order valence-electron chi connectivity index (χ2n) is 3.18. The predicted molar refractivity (Wildman–Crippen MR) is 51.2 cm³/mol. The number of hydrogen-bond donors (Lipinski definition) is 0. The third kappa shape index (κ3) is 3.20. The summed E-state index contributed by atoms with van der Waals surface area (Å²) in [6, 6.07) is 0. The summed E-state index contributed by atoms with van der Waals surface area (Å²) in [4.78, 5) is 2.30. The van der Waals surface area contributed by atoms with Crippen molar-refractivity contribution in [2.75, 3.05) is 33.4 Å². The van der Waals surface area contributed by atoms with E-state index >= 15 is 0 Å². The molecule has 1 rings (SSSR count). The van der Waals surface area contributed by atoms with E-state index in [1.54, 1.807) is 6.08 Å². The van der Waals surface area contributed by atoms with Gasteiger partial charge in [-0.05, 0) is 19.0 Å². The normalized spacial score (nSPS) is 18.9. The van der Waals surface area contributed by atoms with Gasteiger partial charge in [-0.2, -0.15) is 0 Å². The Bertz CT molecular complexity index is 175. The van der Waals surface area contributed by atoms with Gasteiger partial charge in [0, 0.05) is 13.1 Å². The molecule has 2 nitrogen and oxygen atoms in total. The van der Waals surface area contributed by atoms with Crippen molar-refractivity contribution in [1.29, 1.82) is 0 Å². The highest BCUT2D eigenvalue weighted by Crippen LogP contribution is 2.08. The van der Waals surface area contributed by atoms with Crippen LogP contribution >= 0.6 is 0 Å². The summed E-state index contributed by atoms with van der Waals surface area (Å²) in [5, 5.41) is 0. The van der Waals surface area contributed by atoms with Gasteiger partial charge < -0.3 is 9.64 Å². The van der Waals surface area contributed by atoms with Gasteiger partial charge >= 0.3 is 0 Å². The lowest BCUT2D eigenvalue weighted by Gasteiger charge is -2.21. The molecule has 1 aliphatic rings. The summed E-state index contributed by atoms with van der Waals surface area (Å²) in [5.41, 5.74) is 1.43. The first kappa shape index (κ1) is 9.49. The first-order valence-electron chi connectivity index (χ1n) is 4.38. The van der Waals surface area contributed by atoms with Crippen LogP contribution in [-0.2, 0) is 4.74 Å². The van der Waals surface area contributed by atoms with E-state index in [1.807, 2.05) is 0 Å². The van der Waals surface area contributed by atoms with Crippen molar-refractivity contribution in [3.05, 3.63) is 24.3 Å². The van der Waals surface area contributed by atoms with Crippen LogP contribution in [0.15, 0.2) is 24.3 Å². The average Bonchev–Trinajstić information content (AvgIpc) is 2.09. The molecule has 0 bridgehead atoms. The van der Waals surface area contributed by atoms with Gasteiger partial charge in [0.1, 0.15) is 0 Å². The topological polar surface area (TPSA) is 12.5 Å². The van der Waals surface area contributed by atoms with E-state index in [0.717, 1.165) is 26.1 Å². The molecule has 0 spiro atoms. The highest BCUT2D eigenvalue weighted by molar-refractivity contribution is 5.07. The van der Waals surface area contributed by atoms with Gasteiger partial charge in [0.25, 0.3) is 0 Å². The zero-order valence-corrected chi connectivity index (χ0v) is 7.75. The maximum atomic E-state index is 5.35. The van der Waals surface area contributed by atoms with Crippen LogP contribution < -0.4 is 0 Å². The summed E-state index contributed by atoms with van der Waals surface area (Å²) in [6.07, 6.45) is 5.19. The Morgan fingerprint density at radius 1 is 1.75 bits per heavy atom. The molecule has 0 atom stereocenters. The van der Waals surface area contributed by atoms with Gasteiger partial charge in [-0.25, -0.2) is 0 Å². The van der Waals surface area contributed by atoms with E-state index in [1.165, 1.54) is 5.57 Å². The summed E-state index contributed by atoms with van der Waals surface area (Å²) >= 11 is 0. The molecule has 2 heteroatoms. The van der Waals surface area contributed by atoms with Crippen molar-refractivity contribution in [1.82, 2.24) is 4.90 Å². The quantitative estimate of drug-likeness (QED) is 0.464. The van der Waals surface area contributed by atoms with Crippen LogP contribution in [0, 0.1) is 0 Å². The molecular weight excluding hydrogens is 150 g/mol. The molecule has 0 saturated carbocycles. The maximum Gasteiger partial charge on any atom is 0.0682 e. The Morgan fingerprint density at radius 3 is 3.17 bits per heavy atom. The fourth-order valence-electron chi connectivity index (χ4n) is 1.22. The summed E-state index contributed by atoms with van der Waals surface area (Å²) < 4.78 is 5.35. The van der Waals surface area contributed by atoms with Crippen LogP contribution in [0.4, 0.5) is 0 Å². The number of ether oxygens (including phenoxy) is 1. The highest BCUT2D eigenvalue weighted by Gasteiger charge is 2.06. The monoisotopic (exact) mass is 167 g/mol. The molecule has 68 valence electrons. The van der Waals surface area contributed by atoms with Crippen molar-refractivity contribution in [2.45, 2.75) is 6.42 Å². The molecule has 0 saturated heterocycles. The van der Waals surface area contributed by atoms with Gasteiger partial charge in [0.15, 0.2) is 0 Å². The van der Waals surface area contributed by atoms with Crippen LogP contribution in [0.25, 0.3) is 0 Å². The first-order chi connectivity index (χ1) is 5.83. The number of rotatable bonds is 4. The van der Waals surface area contributed by atoms with Gasteiger partial charge in [0.2, 0.25) is 0 Å². The van der Waals surface area contributed by atoms with Crippen LogP contribution in [0.2, 0.25) is 0 Å². The third-order valence-corrected chi connectivity index (χ3v) is 2.03. The zero-order chi connectivity index (χ0) is 8.81. The lowest BCUT2D eigenvalue weighted by atomic mass is 10.1. The van der Waals surface area contributed by atoms with E-state index in [-0.39, 0.29) is 0 Å². The SMILES string of the molecule is C=CCOCC1=CCN(C)CC1. The molecule has 0 fully saturated rings. The van der Waals surface area contributed by atoms with Crippen LogP contribution in [0.3, 0.4) is 0 Å². The van der Waals surface area contributed by atoms with E-state index < -0.39 is 0 Å². The van der Waals surface area contributed by atoms with E-state index in [2.05, 4.69) is 24.6 Å². The molecule has 0 aliphatic carbocycles. The molecule has 0 amide bonds. The second kappa shape index (κ2) is 5.12. The summed E-state index contributed by atoms with van der Waals surface area (Å²) in [6.45, 7) is 7.26. The minimum atomic E-state index is 0.660. The third-order valence-electron chi connectivity index (χ3n) is 2.03. The lowest BCUT2D eigenvalue weighted by Crippen LogP contribution is -2.25. The van der Waals surface area contributed by atoms with Crippen LogP contribution in [0.1, 0.15) is 6.42 Å². The van der Waals surface area contributed by atoms with Gasteiger partial charge in [-0.3, -0.25) is 0 Å². The van der Waals surface area contributed by atoms with Gasteiger partial charge in [0.05, 0.1) is 13.2 Å². The first-order valence-corrected chi connectivity index (χ1v) is 4.38. The van der Waals surface area contributed by atoms with Crippen molar-refractivity contribution in [2.24, 2.45) is 0 Å². The Balaban J connectivity index is 2.19. The minimum absolute atomic E-state index is 0.660. The molecule has 1 heterocycles. The molecule has 0 aromatic carbocycles. The van der Waals surface area contributed by atoms with Crippen LogP contribution in [0.5, 0.6) is 0 Å². The van der Waals surface area contributed by atoms with E-state index in [0.29, 0.717) is 6.61 Å². The van der Waals surface area contributed by atoms with Crippen molar-refractivity contribution >= 4 is 0 Å².